The SMILES string of the molecule is CC(C)NC(C)C(O)C12CC3CC(CC(C3)C1)C2. The molecule has 2 unspecified atom stereocenters. The molecule has 2 atom stereocenters. The van der Waals surface area contributed by atoms with E-state index in [0.29, 0.717) is 6.04 Å². The molecular formula is C16H29NO. The smallest absolute Gasteiger partial charge is 0.0746 e. The molecule has 4 rings (SSSR count). The maximum atomic E-state index is 10.9. The first-order chi connectivity index (χ1) is 8.48. The minimum atomic E-state index is -0.145. The highest BCUT2D eigenvalue weighted by molar-refractivity contribution is 5.06. The summed E-state index contributed by atoms with van der Waals surface area (Å²) in [5.74, 6) is 2.78. The summed E-state index contributed by atoms with van der Waals surface area (Å²) < 4.78 is 0. The standard InChI is InChI=1S/C16H29NO/c1-10(2)17-11(3)15(18)16-7-12-4-13(8-16)6-14(5-12)9-16/h10-15,17-18H,4-9H2,1-3H3. The van der Waals surface area contributed by atoms with Crippen LogP contribution in [0.2, 0.25) is 0 Å². The maximum absolute atomic E-state index is 10.9. The van der Waals surface area contributed by atoms with Gasteiger partial charge in [-0.2, -0.15) is 0 Å². The van der Waals surface area contributed by atoms with Gasteiger partial charge in [0.1, 0.15) is 0 Å². The molecule has 0 amide bonds. The van der Waals surface area contributed by atoms with Gasteiger partial charge in [-0.15, -0.1) is 0 Å². The van der Waals surface area contributed by atoms with Crippen LogP contribution in [0.15, 0.2) is 0 Å². The van der Waals surface area contributed by atoms with Gasteiger partial charge >= 0.3 is 0 Å². The number of rotatable bonds is 4. The van der Waals surface area contributed by atoms with E-state index in [-0.39, 0.29) is 17.6 Å². The first-order valence-corrected chi connectivity index (χ1v) is 7.92. The van der Waals surface area contributed by atoms with Crippen molar-refractivity contribution in [2.45, 2.75) is 77.5 Å². The summed E-state index contributed by atoms with van der Waals surface area (Å²) in [5, 5.41) is 14.4. The van der Waals surface area contributed by atoms with Crippen molar-refractivity contribution in [1.82, 2.24) is 5.32 Å². The van der Waals surface area contributed by atoms with E-state index in [9.17, 15) is 5.11 Å². The van der Waals surface area contributed by atoms with Crippen LogP contribution in [0, 0.1) is 23.2 Å². The highest BCUT2D eigenvalue weighted by atomic mass is 16.3. The lowest BCUT2D eigenvalue weighted by Crippen LogP contribution is -2.57. The van der Waals surface area contributed by atoms with Crippen LogP contribution in [0.1, 0.15) is 59.3 Å². The van der Waals surface area contributed by atoms with Crippen molar-refractivity contribution < 1.29 is 5.11 Å². The molecular weight excluding hydrogens is 222 g/mol. The third kappa shape index (κ3) is 2.12. The van der Waals surface area contributed by atoms with Crippen LogP contribution < -0.4 is 5.32 Å². The first kappa shape index (κ1) is 12.9. The number of aliphatic hydroxyl groups excluding tert-OH is 1. The summed E-state index contributed by atoms with van der Waals surface area (Å²) in [7, 11) is 0. The highest BCUT2D eigenvalue weighted by Crippen LogP contribution is 2.61. The van der Waals surface area contributed by atoms with Crippen LogP contribution >= 0.6 is 0 Å². The molecule has 104 valence electrons. The quantitative estimate of drug-likeness (QED) is 0.805. The molecule has 18 heavy (non-hydrogen) atoms. The molecule has 0 aromatic carbocycles. The fraction of sp³-hybridized carbons (Fsp3) is 1.00. The molecule has 4 aliphatic rings. The van der Waals surface area contributed by atoms with Crippen molar-refractivity contribution in [3.8, 4) is 0 Å². The van der Waals surface area contributed by atoms with E-state index in [2.05, 4.69) is 26.1 Å². The Morgan fingerprint density at radius 2 is 1.39 bits per heavy atom. The summed E-state index contributed by atoms with van der Waals surface area (Å²) in [6, 6.07) is 0.699. The summed E-state index contributed by atoms with van der Waals surface area (Å²) in [4.78, 5) is 0. The summed E-state index contributed by atoms with van der Waals surface area (Å²) in [5.41, 5.74) is 0.260. The van der Waals surface area contributed by atoms with Crippen LogP contribution in [0.25, 0.3) is 0 Å². The Hall–Kier alpha value is -0.0800. The van der Waals surface area contributed by atoms with Gasteiger partial charge in [-0.3, -0.25) is 0 Å². The first-order valence-electron chi connectivity index (χ1n) is 7.92. The Kier molecular flexibility index (Phi) is 3.22. The molecule has 0 spiro atoms. The fourth-order valence-electron chi connectivity index (χ4n) is 5.69. The zero-order valence-electron chi connectivity index (χ0n) is 12.2. The molecule has 0 saturated heterocycles. The van der Waals surface area contributed by atoms with Crippen LogP contribution in [0.3, 0.4) is 0 Å². The summed E-state index contributed by atoms with van der Waals surface area (Å²) in [6.45, 7) is 6.51. The predicted molar refractivity (Wildman–Crippen MR) is 74.3 cm³/mol. The van der Waals surface area contributed by atoms with Gasteiger partial charge in [0.25, 0.3) is 0 Å². The van der Waals surface area contributed by atoms with E-state index in [4.69, 9.17) is 0 Å². The van der Waals surface area contributed by atoms with E-state index >= 15 is 0 Å². The van der Waals surface area contributed by atoms with Crippen molar-refractivity contribution in [1.29, 1.82) is 0 Å². The van der Waals surface area contributed by atoms with Gasteiger partial charge in [0.05, 0.1) is 6.10 Å². The Labute approximate surface area is 112 Å². The third-order valence-corrected chi connectivity index (χ3v) is 5.78. The Morgan fingerprint density at radius 3 is 1.78 bits per heavy atom. The molecule has 0 aromatic heterocycles. The van der Waals surface area contributed by atoms with Crippen LogP contribution in [-0.2, 0) is 0 Å². The van der Waals surface area contributed by atoms with Crippen molar-refractivity contribution in [3.63, 3.8) is 0 Å². The number of hydrogen-bond donors (Lipinski definition) is 2. The molecule has 2 heteroatoms. The van der Waals surface area contributed by atoms with Gasteiger partial charge in [-0.05, 0) is 68.6 Å². The van der Waals surface area contributed by atoms with Gasteiger partial charge in [0.2, 0.25) is 0 Å². The number of nitrogens with one attached hydrogen (secondary N) is 1. The minimum Gasteiger partial charge on any atom is -0.391 e. The molecule has 0 aromatic rings. The molecule has 4 bridgehead atoms. The third-order valence-electron chi connectivity index (χ3n) is 5.78. The van der Waals surface area contributed by atoms with Crippen molar-refractivity contribution in [2.75, 3.05) is 0 Å². The average molecular weight is 251 g/mol. The lowest BCUT2D eigenvalue weighted by atomic mass is 9.47. The second kappa shape index (κ2) is 4.49. The fourth-order valence-corrected chi connectivity index (χ4v) is 5.69. The molecule has 0 aliphatic heterocycles. The summed E-state index contributed by atoms with van der Waals surface area (Å²) >= 11 is 0. The number of aliphatic hydroxyl groups is 1. The summed E-state index contributed by atoms with van der Waals surface area (Å²) in [6.07, 6.45) is 8.11. The molecule has 2 N–H and O–H groups in total. The van der Waals surface area contributed by atoms with E-state index in [1.54, 1.807) is 0 Å². The zero-order valence-corrected chi connectivity index (χ0v) is 12.2. The second-order valence-corrected chi connectivity index (χ2v) is 7.83. The van der Waals surface area contributed by atoms with Crippen LogP contribution in [0.4, 0.5) is 0 Å². The second-order valence-electron chi connectivity index (χ2n) is 7.83. The Balaban J connectivity index is 1.74. The van der Waals surface area contributed by atoms with E-state index < -0.39 is 0 Å². The topological polar surface area (TPSA) is 32.3 Å². The van der Waals surface area contributed by atoms with Crippen LogP contribution in [-0.4, -0.2) is 23.3 Å². The normalized spacial score (nSPS) is 45.5. The average Bonchev–Trinajstić information content (AvgIpc) is 2.25. The van der Waals surface area contributed by atoms with Gasteiger partial charge in [0, 0.05) is 12.1 Å². The molecule has 0 radical (unpaired) electrons. The molecule has 4 fully saturated rings. The van der Waals surface area contributed by atoms with E-state index in [1.165, 1.54) is 38.5 Å². The van der Waals surface area contributed by atoms with Crippen LogP contribution in [0.5, 0.6) is 0 Å². The van der Waals surface area contributed by atoms with E-state index in [1.807, 2.05) is 0 Å². The molecule has 2 nitrogen and oxygen atoms in total. The highest BCUT2D eigenvalue weighted by Gasteiger charge is 2.54. The monoisotopic (exact) mass is 251 g/mol. The van der Waals surface area contributed by atoms with Crippen molar-refractivity contribution in [3.05, 3.63) is 0 Å². The van der Waals surface area contributed by atoms with Gasteiger partial charge in [-0.25, -0.2) is 0 Å². The largest absolute Gasteiger partial charge is 0.391 e. The zero-order chi connectivity index (χ0) is 12.9. The van der Waals surface area contributed by atoms with Crippen molar-refractivity contribution >= 4 is 0 Å². The molecule has 4 saturated carbocycles. The van der Waals surface area contributed by atoms with Gasteiger partial charge < -0.3 is 10.4 Å². The van der Waals surface area contributed by atoms with Gasteiger partial charge in [0.15, 0.2) is 0 Å². The minimum absolute atomic E-state index is 0.145. The Morgan fingerprint density at radius 1 is 0.944 bits per heavy atom. The molecule has 4 aliphatic carbocycles. The Bertz CT molecular complexity index is 277. The van der Waals surface area contributed by atoms with Gasteiger partial charge in [-0.1, -0.05) is 13.8 Å². The van der Waals surface area contributed by atoms with Crippen molar-refractivity contribution in [2.24, 2.45) is 23.2 Å². The lowest BCUT2D eigenvalue weighted by Gasteiger charge is -2.59. The maximum Gasteiger partial charge on any atom is 0.0746 e. The van der Waals surface area contributed by atoms with E-state index in [0.717, 1.165) is 17.8 Å². The number of hydrogen-bond acceptors (Lipinski definition) is 2. The predicted octanol–water partition coefficient (Wildman–Crippen LogP) is 2.95. The lowest BCUT2D eigenvalue weighted by molar-refractivity contribution is -0.129. The molecule has 0 heterocycles.